The first-order chi connectivity index (χ1) is 21.5. The third-order valence-electron chi connectivity index (χ3n) is 7.75. The quantitative estimate of drug-likeness (QED) is 0.180. The fourth-order valence-corrected chi connectivity index (χ4v) is 5.39. The highest BCUT2D eigenvalue weighted by molar-refractivity contribution is 6.00. The molecular formula is C37H39N3O4. The zero-order valence-corrected chi connectivity index (χ0v) is 25.0. The molecule has 1 aliphatic heterocycles. The lowest BCUT2D eigenvalue weighted by molar-refractivity contribution is -0.117. The second-order valence-corrected chi connectivity index (χ2v) is 11.0. The number of aliphatic hydroxyl groups excluding tert-OH is 1. The number of rotatable bonds is 13. The van der Waals surface area contributed by atoms with Crippen molar-refractivity contribution in [3.63, 3.8) is 0 Å². The molecule has 7 nitrogen and oxygen atoms in total. The molecule has 7 heteroatoms. The van der Waals surface area contributed by atoms with E-state index in [-0.39, 0.29) is 18.4 Å². The van der Waals surface area contributed by atoms with Gasteiger partial charge in [-0.3, -0.25) is 9.59 Å². The van der Waals surface area contributed by atoms with Crippen LogP contribution in [0.4, 0.5) is 5.69 Å². The third kappa shape index (κ3) is 8.43. The zero-order valence-electron chi connectivity index (χ0n) is 25.0. The van der Waals surface area contributed by atoms with Crippen LogP contribution in [-0.2, 0) is 17.8 Å². The Hall–Kier alpha value is -4.72. The Kier molecular flexibility index (Phi) is 10.6. The number of ether oxygens (including phenoxy) is 1. The SMILES string of the molecule is COc1cccc(CNC[C@H](O)[C@H](Cc2ccccc2)NC(=O)c2cc(C=Cc3ccccc3)cc(N3CCCC3=O)c2)c1. The van der Waals surface area contributed by atoms with E-state index in [1.807, 2.05) is 109 Å². The van der Waals surface area contributed by atoms with E-state index in [9.17, 15) is 14.7 Å². The van der Waals surface area contributed by atoms with Crippen LogP contribution in [0.3, 0.4) is 0 Å². The summed E-state index contributed by atoms with van der Waals surface area (Å²) < 4.78 is 5.31. The van der Waals surface area contributed by atoms with Gasteiger partial charge in [-0.25, -0.2) is 0 Å². The van der Waals surface area contributed by atoms with E-state index in [1.165, 1.54) is 0 Å². The van der Waals surface area contributed by atoms with Gasteiger partial charge in [0.05, 0.1) is 19.3 Å². The maximum absolute atomic E-state index is 13.8. The highest BCUT2D eigenvalue weighted by Gasteiger charge is 2.25. The number of nitrogens with one attached hydrogen (secondary N) is 2. The average Bonchev–Trinajstić information content (AvgIpc) is 3.50. The minimum absolute atomic E-state index is 0.0556. The molecule has 1 saturated heterocycles. The number of anilines is 1. The van der Waals surface area contributed by atoms with E-state index in [2.05, 4.69) is 10.6 Å². The number of carbonyl (C=O) groups is 2. The van der Waals surface area contributed by atoms with Crippen molar-refractivity contribution in [1.82, 2.24) is 10.6 Å². The second kappa shape index (κ2) is 15.1. The lowest BCUT2D eigenvalue weighted by Gasteiger charge is -2.25. The zero-order chi connectivity index (χ0) is 30.7. The van der Waals surface area contributed by atoms with Crippen molar-refractivity contribution >= 4 is 29.7 Å². The molecule has 0 aliphatic carbocycles. The van der Waals surface area contributed by atoms with Gasteiger partial charge in [-0.1, -0.05) is 84.9 Å². The Bertz CT molecular complexity index is 1570. The smallest absolute Gasteiger partial charge is 0.251 e. The van der Waals surface area contributed by atoms with Crippen LogP contribution in [-0.4, -0.2) is 49.3 Å². The van der Waals surface area contributed by atoms with E-state index < -0.39 is 12.1 Å². The van der Waals surface area contributed by atoms with Crippen LogP contribution < -0.4 is 20.3 Å². The monoisotopic (exact) mass is 589 g/mol. The van der Waals surface area contributed by atoms with Gasteiger partial charge in [0.1, 0.15) is 5.75 Å². The molecule has 1 fully saturated rings. The second-order valence-electron chi connectivity index (χ2n) is 11.0. The summed E-state index contributed by atoms with van der Waals surface area (Å²) >= 11 is 0. The van der Waals surface area contributed by atoms with Gasteiger partial charge in [-0.2, -0.15) is 0 Å². The normalized spacial score (nSPS) is 14.5. The number of amides is 2. The predicted octanol–water partition coefficient (Wildman–Crippen LogP) is 5.48. The van der Waals surface area contributed by atoms with Crippen LogP contribution in [0.5, 0.6) is 5.75 Å². The number of aliphatic hydroxyl groups is 1. The van der Waals surface area contributed by atoms with E-state index in [0.29, 0.717) is 37.2 Å². The minimum atomic E-state index is -0.856. The molecule has 2 atom stereocenters. The van der Waals surface area contributed by atoms with Gasteiger partial charge in [-0.15, -0.1) is 0 Å². The standard InChI is InChI=1S/C37H39N3O4/c1-44-33-15-8-14-30(22-33)25-38-26-35(41)34(23-28-12-6-3-7-13-28)39-37(43)31-20-29(18-17-27-10-4-2-5-11-27)21-32(24-31)40-19-9-16-36(40)42/h2-8,10-15,17-18,20-22,24,34-35,38,41H,9,16,19,23,25-26H2,1H3,(H,39,43)/t34-,35-/m0/s1. The fraction of sp³-hybridized carbons (Fsp3) is 0.243. The highest BCUT2D eigenvalue weighted by Crippen LogP contribution is 2.26. The molecule has 0 bridgehead atoms. The first-order valence-corrected chi connectivity index (χ1v) is 15.0. The molecule has 4 aromatic rings. The third-order valence-corrected chi connectivity index (χ3v) is 7.75. The lowest BCUT2D eigenvalue weighted by atomic mass is 9.99. The number of hydrogen-bond acceptors (Lipinski definition) is 5. The first-order valence-electron chi connectivity index (χ1n) is 15.0. The van der Waals surface area contributed by atoms with Gasteiger partial charge in [0.15, 0.2) is 0 Å². The van der Waals surface area contributed by atoms with Crippen LogP contribution in [0, 0.1) is 0 Å². The molecule has 3 N–H and O–H groups in total. The number of carbonyl (C=O) groups excluding carboxylic acids is 2. The van der Waals surface area contributed by atoms with Crippen LogP contribution in [0.2, 0.25) is 0 Å². The maximum Gasteiger partial charge on any atom is 0.251 e. The molecule has 0 unspecified atom stereocenters. The van der Waals surface area contributed by atoms with E-state index in [4.69, 9.17) is 4.74 Å². The van der Waals surface area contributed by atoms with E-state index >= 15 is 0 Å². The van der Waals surface area contributed by atoms with Crippen molar-refractivity contribution in [3.05, 3.63) is 131 Å². The first kappa shape index (κ1) is 30.7. The van der Waals surface area contributed by atoms with Gasteiger partial charge < -0.3 is 25.4 Å². The highest BCUT2D eigenvalue weighted by atomic mass is 16.5. The molecular weight excluding hydrogens is 550 g/mol. The summed E-state index contributed by atoms with van der Waals surface area (Å²) in [6, 6.07) is 32.5. The van der Waals surface area contributed by atoms with Gasteiger partial charge >= 0.3 is 0 Å². The van der Waals surface area contributed by atoms with Crippen molar-refractivity contribution in [3.8, 4) is 5.75 Å². The van der Waals surface area contributed by atoms with Crippen LogP contribution in [0.25, 0.3) is 12.2 Å². The Morgan fingerprint density at radius 3 is 2.36 bits per heavy atom. The van der Waals surface area contributed by atoms with Crippen LogP contribution in [0.1, 0.15) is 45.5 Å². The van der Waals surface area contributed by atoms with Crippen molar-refractivity contribution in [2.24, 2.45) is 0 Å². The number of hydrogen-bond donors (Lipinski definition) is 3. The molecule has 4 aromatic carbocycles. The maximum atomic E-state index is 13.8. The van der Waals surface area contributed by atoms with Gasteiger partial charge in [0.2, 0.25) is 5.91 Å². The molecule has 0 aromatic heterocycles. The van der Waals surface area contributed by atoms with Gasteiger partial charge in [0.25, 0.3) is 5.91 Å². The summed E-state index contributed by atoms with van der Waals surface area (Å²) in [5.41, 5.74) is 5.03. The summed E-state index contributed by atoms with van der Waals surface area (Å²) in [5, 5.41) is 17.7. The summed E-state index contributed by atoms with van der Waals surface area (Å²) in [6.45, 7) is 1.45. The Labute approximate surface area is 259 Å². The van der Waals surface area contributed by atoms with Gasteiger partial charge in [-0.05, 0) is 65.4 Å². The lowest BCUT2D eigenvalue weighted by Crippen LogP contribution is -2.48. The van der Waals surface area contributed by atoms with Crippen molar-refractivity contribution in [1.29, 1.82) is 0 Å². The topological polar surface area (TPSA) is 90.9 Å². The molecule has 0 saturated carbocycles. The Balaban J connectivity index is 1.35. The molecule has 1 aliphatic rings. The Morgan fingerprint density at radius 2 is 1.64 bits per heavy atom. The molecule has 226 valence electrons. The summed E-state index contributed by atoms with van der Waals surface area (Å²) in [7, 11) is 1.63. The molecule has 44 heavy (non-hydrogen) atoms. The van der Waals surface area contributed by atoms with E-state index in [1.54, 1.807) is 18.1 Å². The summed E-state index contributed by atoms with van der Waals surface area (Å²) in [6.07, 6.45) is 4.83. The van der Waals surface area contributed by atoms with Crippen LogP contribution in [0.15, 0.2) is 103 Å². The van der Waals surface area contributed by atoms with Crippen LogP contribution >= 0.6 is 0 Å². The van der Waals surface area contributed by atoms with Crippen molar-refractivity contribution in [2.75, 3.05) is 25.1 Å². The predicted molar refractivity (Wildman–Crippen MR) is 176 cm³/mol. The van der Waals surface area contributed by atoms with Gasteiger partial charge in [0, 0.05) is 37.3 Å². The largest absolute Gasteiger partial charge is 0.497 e. The molecule has 0 radical (unpaired) electrons. The van der Waals surface area contributed by atoms with Crippen molar-refractivity contribution < 1.29 is 19.4 Å². The average molecular weight is 590 g/mol. The van der Waals surface area contributed by atoms with Crippen molar-refractivity contribution in [2.45, 2.75) is 38.0 Å². The summed E-state index contributed by atoms with van der Waals surface area (Å²) in [5.74, 6) is 0.524. The minimum Gasteiger partial charge on any atom is -0.497 e. The molecule has 0 spiro atoms. The fourth-order valence-electron chi connectivity index (χ4n) is 5.39. The number of methoxy groups -OCH3 is 1. The van der Waals surface area contributed by atoms with E-state index in [0.717, 1.165) is 34.4 Å². The Morgan fingerprint density at radius 1 is 0.909 bits per heavy atom. The summed E-state index contributed by atoms with van der Waals surface area (Å²) in [4.78, 5) is 28.2. The molecule has 2 amide bonds. The number of benzene rings is 4. The molecule has 5 rings (SSSR count). The molecule has 1 heterocycles. The number of nitrogens with zero attached hydrogens (tertiary/aromatic N) is 1.